The van der Waals surface area contributed by atoms with Crippen molar-refractivity contribution in [2.75, 3.05) is 0 Å². The molecule has 0 spiro atoms. The Balaban J connectivity index is 2.18. The zero-order valence-corrected chi connectivity index (χ0v) is 11.7. The molecule has 2 aromatic rings. The third-order valence-corrected chi connectivity index (χ3v) is 4.28. The van der Waals surface area contributed by atoms with Gasteiger partial charge >= 0.3 is 0 Å². The summed E-state index contributed by atoms with van der Waals surface area (Å²) < 4.78 is 0. The third kappa shape index (κ3) is 2.04. The molecule has 0 nitrogen and oxygen atoms in total. The van der Waals surface area contributed by atoms with Crippen LogP contribution in [0.15, 0.2) is 36.4 Å². The maximum atomic E-state index is 6.13. The van der Waals surface area contributed by atoms with Crippen LogP contribution in [0.5, 0.6) is 0 Å². The van der Waals surface area contributed by atoms with E-state index in [9.17, 15) is 0 Å². The highest BCUT2D eigenvalue weighted by Gasteiger charge is 2.20. The lowest BCUT2D eigenvalue weighted by molar-refractivity contribution is 0.913. The van der Waals surface area contributed by atoms with E-state index in [0.717, 1.165) is 22.9 Å². The van der Waals surface area contributed by atoms with Crippen molar-refractivity contribution in [1.29, 1.82) is 0 Å². The lowest BCUT2D eigenvalue weighted by Gasteiger charge is -2.16. The quantitative estimate of drug-likeness (QED) is 0.617. The molecule has 0 aliphatic heterocycles. The molecule has 3 rings (SSSR count). The SMILES string of the molecule is CC1c2cc(Cl)ccc2CCc2ccc(Cl)cc21. The van der Waals surface area contributed by atoms with Gasteiger partial charge in [-0.2, -0.15) is 0 Å². The summed E-state index contributed by atoms with van der Waals surface area (Å²) >= 11 is 12.3. The van der Waals surface area contributed by atoms with Crippen LogP contribution in [0.25, 0.3) is 0 Å². The average Bonchev–Trinajstić information content (AvgIpc) is 2.49. The molecular weight excluding hydrogens is 263 g/mol. The molecule has 0 saturated carbocycles. The van der Waals surface area contributed by atoms with Gasteiger partial charge in [0.25, 0.3) is 0 Å². The van der Waals surface area contributed by atoms with Gasteiger partial charge in [-0.15, -0.1) is 0 Å². The number of hydrogen-bond acceptors (Lipinski definition) is 0. The van der Waals surface area contributed by atoms with Gasteiger partial charge in [-0.1, -0.05) is 42.3 Å². The van der Waals surface area contributed by atoms with Gasteiger partial charge in [-0.05, 0) is 59.4 Å². The van der Waals surface area contributed by atoms with E-state index >= 15 is 0 Å². The van der Waals surface area contributed by atoms with Crippen LogP contribution in [-0.2, 0) is 12.8 Å². The van der Waals surface area contributed by atoms with Crippen molar-refractivity contribution in [2.24, 2.45) is 0 Å². The first-order chi connectivity index (χ1) is 8.65. The summed E-state index contributed by atoms with van der Waals surface area (Å²) in [4.78, 5) is 0. The largest absolute Gasteiger partial charge is 0.0843 e. The summed E-state index contributed by atoms with van der Waals surface area (Å²) in [5.41, 5.74) is 5.48. The Morgan fingerprint density at radius 2 is 1.28 bits per heavy atom. The van der Waals surface area contributed by atoms with E-state index in [2.05, 4.69) is 31.2 Å². The minimum atomic E-state index is 0.356. The zero-order valence-electron chi connectivity index (χ0n) is 10.2. The lowest BCUT2D eigenvalue weighted by Crippen LogP contribution is -1.99. The fourth-order valence-corrected chi connectivity index (χ4v) is 3.19. The van der Waals surface area contributed by atoms with Crippen LogP contribution in [0, 0.1) is 0 Å². The number of benzene rings is 2. The Morgan fingerprint density at radius 3 is 1.72 bits per heavy atom. The maximum Gasteiger partial charge on any atom is 0.0409 e. The molecule has 0 radical (unpaired) electrons. The number of halogens is 2. The molecule has 2 aromatic carbocycles. The molecule has 0 N–H and O–H groups in total. The van der Waals surface area contributed by atoms with Crippen molar-refractivity contribution >= 4 is 23.2 Å². The molecular formula is C16H14Cl2. The fourth-order valence-electron chi connectivity index (χ4n) is 2.83. The molecule has 0 amide bonds. The maximum absolute atomic E-state index is 6.13. The van der Waals surface area contributed by atoms with Gasteiger partial charge in [0.2, 0.25) is 0 Å². The van der Waals surface area contributed by atoms with Crippen molar-refractivity contribution in [3.63, 3.8) is 0 Å². The Bertz CT molecular complexity index is 549. The van der Waals surface area contributed by atoms with Gasteiger partial charge in [0.15, 0.2) is 0 Å². The first kappa shape index (κ1) is 12.1. The van der Waals surface area contributed by atoms with E-state index < -0.39 is 0 Å². The van der Waals surface area contributed by atoms with E-state index in [0.29, 0.717) is 5.92 Å². The van der Waals surface area contributed by atoms with Crippen molar-refractivity contribution in [3.8, 4) is 0 Å². The predicted molar refractivity (Wildman–Crippen MR) is 77.8 cm³/mol. The van der Waals surface area contributed by atoms with Gasteiger partial charge in [0, 0.05) is 16.0 Å². The Kier molecular flexibility index (Phi) is 3.09. The zero-order chi connectivity index (χ0) is 12.7. The van der Waals surface area contributed by atoms with Crippen LogP contribution in [0.4, 0.5) is 0 Å². The second kappa shape index (κ2) is 4.60. The van der Waals surface area contributed by atoms with Crippen LogP contribution < -0.4 is 0 Å². The first-order valence-electron chi connectivity index (χ1n) is 6.22. The van der Waals surface area contributed by atoms with Crippen molar-refractivity contribution in [1.82, 2.24) is 0 Å². The molecule has 1 aliphatic carbocycles. The van der Waals surface area contributed by atoms with E-state index in [1.807, 2.05) is 12.1 Å². The van der Waals surface area contributed by atoms with Gasteiger partial charge in [0.1, 0.15) is 0 Å². The summed E-state index contributed by atoms with van der Waals surface area (Å²) in [6.07, 6.45) is 2.15. The van der Waals surface area contributed by atoms with Crippen molar-refractivity contribution in [3.05, 3.63) is 68.7 Å². The average molecular weight is 277 g/mol. The van der Waals surface area contributed by atoms with Crippen LogP contribution >= 0.6 is 23.2 Å². The van der Waals surface area contributed by atoms with Gasteiger partial charge in [0.05, 0.1) is 0 Å². The Labute approximate surface area is 118 Å². The summed E-state index contributed by atoms with van der Waals surface area (Å²) in [6, 6.07) is 12.5. The van der Waals surface area contributed by atoms with E-state index in [1.165, 1.54) is 22.3 Å². The second-order valence-corrected chi connectivity index (χ2v) is 5.78. The van der Waals surface area contributed by atoms with Crippen LogP contribution in [0.2, 0.25) is 10.0 Å². The van der Waals surface area contributed by atoms with Crippen LogP contribution in [-0.4, -0.2) is 0 Å². The molecule has 0 heterocycles. The van der Waals surface area contributed by atoms with E-state index in [1.54, 1.807) is 0 Å². The molecule has 92 valence electrons. The molecule has 0 saturated heterocycles. The second-order valence-electron chi connectivity index (χ2n) is 4.91. The van der Waals surface area contributed by atoms with Gasteiger partial charge < -0.3 is 0 Å². The summed E-state index contributed by atoms with van der Waals surface area (Å²) in [5, 5.41) is 1.62. The smallest absolute Gasteiger partial charge is 0.0409 e. The van der Waals surface area contributed by atoms with Gasteiger partial charge in [-0.25, -0.2) is 0 Å². The minimum absolute atomic E-state index is 0.356. The van der Waals surface area contributed by atoms with E-state index in [4.69, 9.17) is 23.2 Å². The highest BCUT2D eigenvalue weighted by molar-refractivity contribution is 6.31. The predicted octanol–water partition coefficient (Wildman–Crippen LogP) is 5.24. The normalized spacial score (nSPS) is 14.8. The molecule has 1 aliphatic rings. The summed E-state index contributed by atoms with van der Waals surface area (Å²) in [5.74, 6) is 0.356. The standard InChI is InChI=1S/C16H14Cl2/c1-10-15-8-13(17)6-4-11(15)2-3-12-5-7-14(18)9-16(10)12/h4-10H,2-3H2,1H3. The van der Waals surface area contributed by atoms with E-state index in [-0.39, 0.29) is 0 Å². The number of fused-ring (bicyclic) bond motifs is 2. The van der Waals surface area contributed by atoms with Crippen LogP contribution in [0.1, 0.15) is 35.1 Å². The van der Waals surface area contributed by atoms with Gasteiger partial charge in [-0.3, -0.25) is 0 Å². The number of rotatable bonds is 0. The highest BCUT2D eigenvalue weighted by atomic mass is 35.5. The molecule has 0 atom stereocenters. The molecule has 2 heteroatoms. The minimum Gasteiger partial charge on any atom is -0.0843 e. The third-order valence-electron chi connectivity index (χ3n) is 3.81. The molecule has 18 heavy (non-hydrogen) atoms. The molecule has 0 bridgehead atoms. The number of hydrogen-bond donors (Lipinski definition) is 0. The molecule has 0 fully saturated rings. The Morgan fingerprint density at radius 1 is 0.833 bits per heavy atom. The van der Waals surface area contributed by atoms with Crippen molar-refractivity contribution < 1.29 is 0 Å². The number of aryl methyl sites for hydroxylation is 2. The monoisotopic (exact) mass is 276 g/mol. The first-order valence-corrected chi connectivity index (χ1v) is 6.97. The molecule has 0 aromatic heterocycles. The topological polar surface area (TPSA) is 0 Å². The highest BCUT2D eigenvalue weighted by Crippen LogP contribution is 2.36. The van der Waals surface area contributed by atoms with Crippen molar-refractivity contribution in [2.45, 2.75) is 25.7 Å². The Hall–Kier alpha value is -0.980. The summed E-state index contributed by atoms with van der Waals surface area (Å²) in [6.45, 7) is 2.23. The lowest BCUT2D eigenvalue weighted by atomic mass is 9.90. The van der Waals surface area contributed by atoms with Crippen LogP contribution in [0.3, 0.4) is 0 Å². The molecule has 0 unspecified atom stereocenters. The summed E-state index contributed by atoms with van der Waals surface area (Å²) in [7, 11) is 0. The fraction of sp³-hybridized carbons (Fsp3) is 0.250.